The van der Waals surface area contributed by atoms with Crippen molar-refractivity contribution in [3.8, 4) is 11.5 Å². The average Bonchev–Trinajstić information content (AvgIpc) is 3.29. The summed E-state index contributed by atoms with van der Waals surface area (Å²) in [5.41, 5.74) is 2.17. The van der Waals surface area contributed by atoms with E-state index < -0.39 is 28.5 Å². The van der Waals surface area contributed by atoms with Crippen LogP contribution in [0.1, 0.15) is 31.4 Å². The van der Waals surface area contributed by atoms with Gasteiger partial charge in [0.25, 0.3) is 0 Å². The summed E-state index contributed by atoms with van der Waals surface area (Å²) in [6, 6.07) is 11.6. The highest BCUT2D eigenvalue weighted by molar-refractivity contribution is 7.92. The quantitative estimate of drug-likeness (QED) is 0.550. The maximum Gasteiger partial charge on any atom is 0.244 e. The summed E-state index contributed by atoms with van der Waals surface area (Å²) in [7, 11) is -2.29. The molecule has 3 rings (SSSR count). The minimum Gasteiger partial charge on any atom is -0.454 e. The van der Waals surface area contributed by atoms with Gasteiger partial charge in [0, 0.05) is 19.7 Å². The van der Waals surface area contributed by atoms with E-state index in [1.54, 1.807) is 18.2 Å². The van der Waals surface area contributed by atoms with Crippen LogP contribution in [-0.4, -0.2) is 57.3 Å². The molecule has 0 saturated carbocycles. The van der Waals surface area contributed by atoms with Gasteiger partial charge in [-0.2, -0.15) is 0 Å². The Labute approximate surface area is 200 Å². The topological polar surface area (TPSA) is 105 Å². The molecule has 1 aliphatic heterocycles. The number of nitrogens with zero attached hydrogens (tertiary/aromatic N) is 2. The Morgan fingerprint density at radius 3 is 2.47 bits per heavy atom. The van der Waals surface area contributed by atoms with E-state index in [1.165, 1.54) is 18.9 Å². The van der Waals surface area contributed by atoms with Crippen molar-refractivity contribution in [3.63, 3.8) is 0 Å². The maximum atomic E-state index is 13.6. The van der Waals surface area contributed by atoms with Crippen LogP contribution in [0, 0.1) is 6.92 Å². The van der Waals surface area contributed by atoms with E-state index >= 15 is 0 Å². The number of likely N-dealkylation sites (N-methyl/N-ethyl adjacent to an activating group) is 1. The molecule has 2 aromatic carbocycles. The first-order chi connectivity index (χ1) is 16.2. The average molecular weight is 490 g/mol. The normalized spacial score (nSPS) is 13.3. The van der Waals surface area contributed by atoms with Gasteiger partial charge in [0.1, 0.15) is 12.6 Å². The summed E-state index contributed by atoms with van der Waals surface area (Å²) in [6.07, 6.45) is 0.377. The minimum atomic E-state index is -3.81. The van der Waals surface area contributed by atoms with Crippen LogP contribution in [0.25, 0.3) is 0 Å². The van der Waals surface area contributed by atoms with E-state index in [0.29, 0.717) is 23.6 Å². The van der Waals surface area contributed by atoms with Crippen molar-refractivity contribution in [2.75, 3.05) is 30.4 Å². The second kappa shape index (κ2) is 10.8. The third-order valence-corrected chi connectivity index (χ3v) is 7.43. The molecule has 9 nitrogen and oxygen atoms in total. The fraction of sp³-hybridized carbons (Fsp3) is 0.417. The fourth-order valence-corrected chi connectivity index (χ4v) is 4.91. The monoisotopic (exact) mass is 489 g/mol. The van der Waals surface area contributed by atoms with Crippen molar-refractivity contribution < 1.29 is 27.5 Å². The van der Waals surface area contributed by atoms with Crippen molar-refractivity contribution in [3.05, 3.63) is 53.6 Å². The Morgan fingerprint density at radius 2 is 1.82 bits per heavy atom. The summed E-state index contributed by atoms with van der Waals surface area (Å²) in [5.74, 6) is -0.0624. The number of sulfonamides is 1. The van der Waals surface area contributed by atoms with E-state index in [2.05, 4.69) is 5.32 Å². The number of aryl methyl sites for hydroxylation is 1. The highest BCUT2D eigenvalue weighted by Gasteiger charge is 2.32. The van der Waals surface area contributed by atoms with Gasteiger partial charge in [0.2, 0.25) is 28.6 Å². The molecule has 0 bridgehead atoms. The Bertz CT molecular complexity index is 1150. The van der Waals surface area contributed by atoms with Crippen LogP contribution in [0.5, 0.6) is 11.5 Å². The van der Waals surface area contributed by atoms with Gasteiger partial charge >= 0.3 is 0 Å². The summed E-state index contributed by atoms with van der Waals surface area (Å²) in [5, 5.41) is 2.61. The predicted molar refractivity (Wildman–Crippen MR) is 129 cm³/mol. The molecule has 184 valence electrons. The number of rotatable bonds is 10. The molecule has 2 amide bonds. The zero-order chi connectivity index (χ0) is 24.9. The highest BCUT2D eigenvalue weighted by Crippen LogP contribution is 2.36. The Kier molecular flexibility index (Phi) is 8.03. The molecule has 0 radical (unpaired) electrons. The van der Waals surface area contributed by atoms with Crippen LogP contribution in [0.15, 0.2) is 42.5 Å². The lowest BCUT2D eigenvalue weighted by Gasteiger charge is -2.33. The summed E-state index contributed by atoms with van der Waals surface area (Å²) in [4.78, 5) is 27.7. The van der Waals surface area contributed by atoms with Gasteiger partial charge in [-0.3, -0.25) is 13.9 Å². The van der Waals surface area contributed by atoms with Crippen LogP contribution in [0.2, 0.25) is 0 Å². The van der Waals surface area contributed by atoms with Crippen molar-refractivity contribution >= 4 is 27.5 Å². The number of amides is 2. The van der Waals surface area contributed by atoms with E-state index in [9.17, 15) is 18.0 Å². The Balaban J connectivity index is 1.97. The van der Waals surface area contributed by atoms with Crippen LogP contribution >= 0.6 is 0 Å². The molecule has 1 heterocycles. The number of hydrogen-bond donors (Lipinski definition) is 1. The van der Waals surface area contributed by atoms with Crippen molar-refractivity contribution in [1.29, 1.82) is 0 Å². The molecule has 0 aromatic heterocycles. The molecular formula is C24H31N3O6S. The maximum absolute atomic E-state index is 13.6. The van der Waals surface area contributed by atoms with Crippen LogP contribution in [0.3, 0.4) is 0 Å². The molecule has 0 aliphatic carbocycles. The molecule has 0 saturated heterocycles. The molecule has 0 spiro atoms. The number of nitrogens with one attached hydrogen (secondary N) is 1. The number of carbonyl (C=O) groups excluding carboxylic acids is 2. The third-order valence-electron chi connectivity index (χ3n) is 5.69. The van der Waals surface area contributed by atoms with Crippen molar-refractivity contribution in [2.45, 2.75) is 39.8 Å². The summed E-state index contributed by atoms with van der Waals surface area (Å²) in [6.45, 7) is 5.05. The smallest absolute Gasteiger partial charge is 0.244 e. The largest absolute Gasteiger partial charge is 0.454 e. The minimum absolute atomic E-state index is 0.0484. The lowest BCUT2D eigenvalue weighted by atomic mass is 10.1. The Morgan fingerprint density at radius 1 is 1.09 bits per heavy atom. The molecule has 34 heavy (non-hydrogen) atoms. The first-order valence-electron chi connectivity index (χ1n) is 11.2. The van der Waals surface area contributed by atoms with Gasteiger partial charge in [-0.15, -0.1) is 0 Å². The van der Waals surface area contributed by atoms with Gasteiger partial charge in [0.15, 0.2) is 11.5 Å². The lowest BCUT2D eigenvalue weighted by molar-refractivity contribution is -0.140. The Hall–Kier alpha value is -3.27. The second-order valence-corrected chi connectivity index (χ2v) is 10.2. The van der Waals surface area contributed by atoms with Gasteiger partial charge in [0.05, 0.1) is 11.4 Å². The van der Waals surface area contributed by atoms with Gasteiger partial charge in [-0.1, -0.05) is 36.8 Å². The van der Waals surface area contributed by atoms with Crippen molar-refractivity contribution in [2.24, 2.45) is 0 Å². The SMILES string of the molecule is CC[C@H](C(=O)NC)N(Cc1cccc(C)c1)C(=O)CN(c1ccc2c(c1)OCO2)S(=O)(=O)CC. The number of fused-ring (bicyclic) bond motifs is 1. The lowest BCUT2D eigenvalue weighted by Crippen LogP contribution is -2.52. The first-order valence-corrected chi connectivity index (χ1v) is 12.8. The van der Waals surface area contributed by atoms with E-state index in [4.69, 9.17) is 9.47 Å². The van der Waals surface area contributed by atoms with Crippen molar-refractivity contribution in [1.82, 2.24) is 10.2 Å². The molecule has 0 unspecified atom stereocenters. The van der Waals surface area contributed by atoms with Gasteiger partial charge in [-0.05, 0) is 38.0 Å². The molecule has 2 aromatic rings. The number of anilines is 1. The molecule has 1 N–H and O–H groups in total. The number of carbonyl (C=O) groups is 2. The van der Waals surface area contributed by atoms with Gasteiger partial charge < -0.3 is 19.7 Å². The van der Waals surface area contributed by atoms with Gasteiger partial charge in [-0.25, -0.2) is 8.42 Å². The van der Waals surface area contributed by atoms with Crippen LogP contribution < -0.4 is 19.1 Å². The zero-order valence-corrected chi connectivity index (χ0v) is 20.7. The standard InChI is InChI=1S/C24H31N3O6S/c1-5-20(24(29)25-4)26(14-18-9-7-8-17(3)12-18)23(28)15-27(34(30,31)6-2)19-10-11-21-22(13-19)33-16-32-21/h7-13,20H,5-6,14-16H2,1-4H3,(H,25,29)/t20-/m1/s1. The van der Waals surface area contributed by atoms with E-state index in [0.717, 1.165) is 15.4 Å². The summed E-state index contributed by atoms with van der Waals surface area (Å²) >= 11 is 0. The fourth-order valence-electron chi connectivity index (χ4n) is 3.85. The molecule has 10 heteroatoms. The second-order valence-electron chi connectivity index (χ2n) is 7.99. The van der Waals surface area contributed by atoms with Crippen LogP contribution in [0.4, 0.5) is 5.69 Å². The number of hydrogen-bond acceptors (Lipinski definition) is 6. The molecule has 1 atom stereocenters. The molecule has 1 aliphatic rings. The van der Waals surface area contributed by atoms with E-state index in [-0.39, 0.29) is 25.0 Å². The third kappa shape index (κ3) is 5.61. The van der Waals surface area contributed by atoms with E-state index in [1.807, 2.05) is 38.1 Å². The first kappa shape index (κ1) is 25.4. The summed E-state index contributed by atoms with van der Waals surface area (Å²) < 4.78 is 37.8. The number of benzene rings is 2. The predicted octanol–water partition coefficient (Wildman–Crippen LogP) is 2.43. The zero-order valence-electron chi connectivity index (χ0n) is 19.9. The van der Waals surface area contributed by atoms with Crippen LogP contribution in [-0.2, 0) is 26.2 Å². The number of ether oxygens (including phenoxy) is 2. The molecular weight excluding hydrogens is 458 g/mol. The molecule has 0 fully saturated rings. The highest BCUT2D eigenvalue weighted by atomic mass is 32.2.